The maximum atomic E-state index is 13.5. The molecule has 0 amide bonds. The third-order valence-electron chi connectivity index (χ3n) is 4.01. The first-order chi connectivity index (χ1) is 12.5. The van der Waals surface area contributed by atoms with Crippen LogP contribution in [0.25, 0.3) is 6.08 Å². The number of ether oxygens (including phenoxy) is 4. The topological polar surface area (TPSA) is 74.2 Å². The number of hydrogen-bond donors (Lipinski definition) is 1. The summed E-state index contributed by atoms with van der Waals surface area (Å²) in [6.45, 7) is 0.00691. The summed E-state index contributed by atoms with van der Waals surface area (Å²) in [5.41, 5.74) is 0.949. The van der Waals surface area contributed by atoms with Crippen LogP contribution in [0.2, 0.25) is 0 Å². The second-order valence-electron chi connectivity index (χ2n) is 5.52. The maximum Gasteiger partial charge on any atom is 0.204 e. The monoisotopic (exact) mass is 360 g/mol. The zero-order valence-electron chi connectivity index (χ0n) is 14.5. The van der Waals surface area contributed by atoms with Crippen molar-refractivity contribution in [2.45, 2.75) is 0 Å². The highest BCUT2D eigenvalue weighted by Crippen LogP contribution is 2.47. The molecule has 1 aliphatic rings. The number of phenols is 1. The van der Waals surface area contributed by atoms with Gasteiger partial charge in [-0.05, 0) is 23.8 Å². The lowest BCUT2D eigenvalue weighted by Gasteiger charge is -2.23. The molecule has 0 unspecified atom stereocenters. The van der Waals surface area contributed by atoms with Crippen LogP contribution in [0.1, 0.15) is 15.9 Å². The smallest absolute Gasteiger partial charge is 0.204 e. The Balaban J connectivity index is 2.09. The SMILES string of the molecule is COc1cc2c(c(OC)c1OC)C(=O)/C(=C/c1ccc(O)c(F)c1)CO2. The van der Waals surface area contributed by atoms with Crippen molar-refractivity contribution in [1.29, 1.82) is 0 Å². The molecule has 2 aromatic rings. The van der Waals surface area contributed by atoms with E-state index in [2.05, 4.69) is 0 Å². The van der Waals surface area contributed by atoms with Crippen LogP contribution < -0.4 is 18.9 Å². The summed E-state index contributed by atoms with van der Waals surface area (Å²) in [4.78, 5) is 13.0. The Morgan fingerprint density at radius 2 is 1.85 bits per heavy atom. The van der Waals surface area contributed by atoms with Gasteiger partial charge in [-0.2, -0.15) is 0 Å². The third-order valence-corrected chi connectivity index (χ3v) is 4.01. The second kappa shape index (κ2) is 6.95. The van der Waals surface area contributed by atoms with E-state index in [1.807, 2.05) is 0 Å². The highest BCUT2D eigenvalue weighted by molar-refractivity contribution is 6.16. The summed E-state index contributed by atoms with van der Waals surface area (Å²) in [6, 6.07) is 5.42. The normalized spacial score (nSPS) is 14.6. The molecule has 3 rings (SSSR count). The number of benzene rings is 2. The molecule has 1 heterocycles. The van der Waals surface area contributed by atoms with Crippen LogP contribution >= 0.6 is 0 Å². The van der Waals surface area contributed by atoms with Gasteiger partial charge in [0.05, 0.1) is 21.3 Å². The maximum absolute atomic E-state index is 13.5. The summed E-state index contributed by atoms with van der Waals surface area (Å²) >= 11 is 0. The first kappa shape index (κ1) is 17.6. The Bertz CT molecular complexity index is 903. The zero-order chi connectivity index (χ0) is 18.8. The number of fused-ring (bicyclic) bond motifs is 1. The van der Waals surface area contributed by atoms with Gasteiger partial charge in [0.25, 0.3) is 0 Å². The Morgan fingerprint density at radius 1 is 1.12 bits per heavy atom. The molecule has 2 aromatic carbocycles. The minimum Gasteiger partial charge on any atom is -0.505 e. The molecular weight excluding hydrogens is 343 g/mol. The molecule has 0 spiro atoms. The predicted octanol–water partition coefficient (Wildman–Crippen LogP) is 3.22. The molecule has 0 aliphatic carbocycles. The van der Waals surface area contributed by atoms with Crippen molar-refractivity contribution >= 4 is 11.9 Å². The van der Waals surface area contributed by atoms with E-state index in [0.717, 1.165) is 6.07 Å². The molecule has 6 nitrogen and oxygen atoms in total. The fourth-order valence-electron chi connectivity index (χ4n) is 2.77. The highest BCUT2D eigenvalue weighted by Gasteiger charge is 2.32. The predicted molar refractivity (Wildman–Crippen MR) is 92.0 cm³/mol. The van der Waals surface area contributed by atoms with Crippen molar-refractivity contribution in [3.05, 3.63) is 46.8 Å². The van der Waals surface area contributed by atoms with E-state index in [1.165, 1.54) is 39.5 Å². The fraction of sp³-hybridized carbons (Fsp3) is 0.211. The zero-order valence-corrected chi connectivity index (χ0v) is 14.5. The number of phenolic OH excluding ortho intramolecular Hbond substituents is 1. The summed E-state index contributed by atoms with van der Waals surface area (Å²) in [5.74, 6) is -0.368. The van der Waals surface area contributed by atoms with Gasteiger partial charge in [0.15, 0.2) is 28.8 Å². The van der Waals surface area contributed by atoms with E-state index in [9.17, 15) is 14.3 Å². The van der Waals surface area contributed by atoms with Crippen LogP contribution in [0.3, 0.4) is 0 Å². The molecule has 0 bridgehead atoms. The average Bonchev–Trinajstić information content (AvgIpc) is 2.65. The number of aromatic hydroxyl groups is 1. The van der Waals surface area contributed by atoms with Crippen LogP contribution in [-0.4, -0.2) is 38.8 Å². The molecule has 7 heteroatoms. The number of rotatable bonds is 4. The standard InChI is InChI=1S/C19H17FO6/c1-23-15-8-14-16(19(25-3)18(15)24-2)17(22)11(9-26-14)6-10-4-5-13(21)12(20)7-10/h4-8,21H,9H2,1-3H3/b11-6+. The Kier molecular flexibility index (Phi) is 4.71. The van der Waals surface area contributed by atoms with Crippen molar-refractivity contribution in [3.8, 4) is 28.7 Å². The molecule has 0 aromatic heterocycles. The lowest BCUT2D eigenvalue weighted by Crippen LogP contribution is -2.20. The molecule has 1 aliphatic heterocycles. The van der Waals surface area contributed by atoms with Crippen molar-refractivity contribution in [3.63, 3.8) is 0 Å². The minimum absolute atomic E-state index is 0.00691. The number of Topliss-reactive ketones (excluding diaryl/α,β-unsaturated/α-hetero) is 1. The van der Waals surface area contributed by atoms with Crippen molar-refractivity contribution in [1.82, 2.24) is 0 Å². The second-order valence-corrected chi connectivity index (χ2v) is 5.52. The lowest BCUT2D eigenvalue weighted by molar-refractivity contribution is 0.0996. The quantitative estimate of drug-likeness (QED) is 0.844. The van der Waals surface area contributed by atoms with Crippen LogP contribution in [0, 0.1) is 5.82 Å². The van der Waals surface area contributed by atoms with Crippen LogP contribution in [0.15, 0.2) is 29.8 Å². The van der Waals surface area contributed by atoms with Crippen molar-refractivity contribution in [2.24, 2.45) is 0 Å². The van der Waals surface area contributed by atoms with Crippen molar-refractivity contribution in [2.75, 3.05) is 27.9 Å². The summed E-state index contributed by atoms with van der Waals surface area (Å²) < 4.78 is 35.1. The molecule has 1 N–H and O–H groups in total. The van der Waals surface area contributed by atoms with Gasteiger partial charge in [0.1, 0.15) is 17.9 Å². The molecule has 26 heavy (non-hydrogen) atoms. The summed E-state index contributed by atoms with van der Waals surface area (Å²) in [5, 5.41) is 9.28. The number of hydrogen-bond acceptors (Lipinski definition) is 6. The van der Waals surface area contributed by atoms with Gasteiger partial charge in [-0.1, -0.05) is 6.07 Å². The van der Waals surface area contributed by atoms with Crippen LogP contribution in [0.4, 0.5) is 4.39 Å². The first-order valence-corrected chi connectivity index (χ1v) is 7.69. The van der Waals surface area contributed by atoms with Gasteiger partial charge in [-0.3, -0.25) is 4.79 Å². The minimum atomic E-state index is -0.770. The van der Waals surface area contributed by atoms with Gasteiger partial charge >= 0.3 is 0 Å². The molecule has 136 valence electrons. The molecule has 0 fully saturated rings. The Hall–Kier alpha value is -3.22. The van der Waals surface area contributed by atoms with Crippen molar-refractivity contribution < 1.29 is 33.2 Å². The van der Waals surface area contributed by atoms with E-state index in [0.29, 0.717) is 22.6 Å². The highest BCUT2D eigenvalue weighted by atomic mass is 19.1. The molecule has 0 saturated heterocycles. The van der Waals surface area contributed by atoms with Gasteiger partial charge in [-0.25, -0.2) is 4.39 Å². The first-order valence-electron chi connectivity index (χ1n) is 7.69. The number of carbonyl (C=O) groups excluding carboxylic acids is 1. The van der Waals surface area contributed by atoms with E-state index in [4.69, 9.17) is 18.9 Å². The third kappa shape index (κ3) is 2.92. The van der Waals surface area contributed by atoms with E-state index in [1.54, 1.807) is 6.07 Å². The molecule has 0 saturated carbocycles. The van der Waals surface area contributed by atoms with E-state index in [-0.39, 0.29) is 29.5 Å². The number of methoxy groups -OCH3 is 3. The summed E-state index contributed by atoms with van der Waals surface area (Å²) in [7, 11) is 4.33. The number of carbonyl (C=O) groups is 1. The van der Waals surface area contributed by atoms with Gasteiger partial charge in [-0.15, -0.1) is 0 Å². The molecular formula is C19H17FO6. The summed E-state index contributed by atoms with van der Waals surface area (Å²) in [6.07, 6.45) is 1.50. The molecule has 0 radical (unpaired) electrons. The van der Waals surface area contributed by atoms with E-state index >= 15 is 0 Å². The number of halogens is 1. The Morgan fingerprint density at radius 3 is 2.46 bits per heavy atom. The molecule has 0 atom stereocenters. The largest absolute Gasteiger partial charge is 0.505 e. The van der Waals surface area contributed by atoms with Crippen LogP contribution in [0.5, 0.6) is 28.7 Å². The van der Waals surface area contributed by atoms with Gasteiger partial charge in [0.2, 0.25) is 5.75 Å². The van der Waals surface area contributed by atoms with Gasteiger partial charge < -0.3 is 24.1 Å². The van der Waals surface area contributed by atoms with Gasteiger partial charge in [0, 0.05) is 11.6 Å². The number of ketones is 1. The lowest BCUT2D eigenvalue weighted by atomic mass is 9.96. The fourth-order valence-corrected chi connectivity index (χ4v) is 2.77. The Labute approximate surface area is 149 Å². The van der Waals surface area contributed by atoms with Crippen LogP contribution in [-0.2, 0) is 0 Å². The average molecular weight is 360 g/mol. The van der Waals surface area contributed by atoms with E-state index < -0.39 is 11.6 Å².